The van der Waals surface area contributed by atoms with Crippen molar-refractivity contribution in [3.05, 3.63) is 35.4 Å². The molecule has 1 aliphatic rings. The van der Waals surface area contributed by atoms with E-state index < -0.39 is 0 Å². The topological polar surface area (TPSA) is 55.1 Å². The fourth-order valence-corrected chi connectivity index (χ4v) is 3.02. The number of carbonyl (C=O) groups excluding carboxylic acids is 1. The molecule has 1 fully saturated rings. The maximum atomic E-state index is 12.0. The highest BCUT2D eigenvalue weighted by Crippen LogP contribution is 2.25. The van der Waals surface area contributed by atoms with Crippen molar-refractivity contribution in [2.24, 2.45) is 11.7 Å². The quantitative estimate of drug-likeness (QED) is 0.873. The molecule has 3 N–H and O–H groups in total. The van der Waals surface area contributed by atoms with Crippen molar-refractivity contribution in [1.82, 2.24) is 5.32 Å². The van der Waals surface area contributed by atoms with Gasteiger partial charge in [0, 0.05) is 19.0 Å². The van der Waals surface area contributed by atoms with Crippen LogP contribution in [0.25, 0.3) is 0 Å². The van der Waals surface area contributed by atoms with Crippen molar-refractivity contribution in [3.63, 3.8) is 0 Å². The minimum atomic E-state index is 0.130. The molecule has 0 spiro atoms. The smallest absolute Gasteiger partial charge is 0.220 e. The minimum absolute atomic E-state index is 0.130. The molecule has 1 aliphatic carbocycles. The summed E-state index contributed by atoms with van der Waals surface area (Å²) in [6.45, 7) is 4.98. The van der Waals surface area contributed by atoms with Crippen molar-refractivity contribution in [2.45, 2.75) is 64.5 Å². The highest BCUT2D eigenvalue weighted by molar-refractivity contribution is 5.76. The normalized spacial score (nSPS) is 22.3. The van der Waals surface area contributed by atoms with Gasteiger partial charge in [-0.2, -0.15) is 0 Å². The summed E-state index contributed by atoms with van der Waals surface area (Å²) >= 11 is 0. The third kappa shape index (κ3) is 4.85. The predicted molar refractivity (Wildman–Crippen MR) is 86.9 cm³/mol. The van der Waals surface area contributed by atoms with E-state index in [-0.39, 0.29) is 11.9 Å². The van der Waals surface area contributed by atoms with E-state index in [4.69, 9.17) is 5.73 Å². The molecule has 1 amide bonds. The van der Waals surface area contributed by atoms with Crippen molar-refractivity contribution in [2.75, 3.05) is 0 Å². The zero-order valence-electron chi connectivity index (χ0n) is 13.3. The van der Waals surface area contributed by atoms with E-state index in [1.54, 1.807) is 0 Å². The fraction of sp³-hybridized carbons (Fsp3) is 0.611. The van der Waals surface area contributed by atoms with Gasteiger partial charge in [0.05, 0.1) is 0 Å². The zero-order valence-corrected chi connectivity index (χ0v) is 13.3. The van der Waals surface area contributed by atoms with Gasteiger partial charge >= 0.3 is 0 Å². The average molecular weight is 288 g/mol. The molecule has 0 saturated heterocycles. The average Bonchev–Trinajstić information content (AvgIpc) is 2.48. The summed E-state index contributed by atoms with van der Waals surface area (Å²) in [5.74, 6) is 1.04. The summed E-state index contributed by atoms with van der Waals surface area (Å²) in [6.07, 6.45) is 5.15. The minimum Gasteiger partial charge on any atom is -0.352 e. The predicted octanol–water partition coefficient (Wildman–Crippen LogP) is 3.33. The molecule has 3 heteroatoms. The van der Waals surface area contributed by atoms with E-state index >= 15 is 0 Å². The maximum absolute atomic E-state index is 12.0. The zero-order chi connectivity index (χ0) is 15.2. The number of nitrogens with two attached hydrogens (primary N) is 1. The van der Waals surface area contributed by atoms with Crippen LogP contribution in [0.3, 0.4) is 0 Å². The van der Waals surface area contributed by atoms with Crippen LogP contribution in [0.15, 0.2) is 24.3 Å². The molecule has 0 radical (unpaired) electrons. The van der Waals surface area contributed by atoms with Gasteiger partial charge in [-0.25, -0.2) is 0 Å². The van der Waals surface area contributed by atoms with Crippen LogP contribution in [0.5, 0.6) is 0 Å². The molecule has 116 valence electrons. The van der Waals surface area contributed by atoms with Gasteiger partial charge < -0.3 is 11.1 Å². The van der Waals surface area contributed by atoms with Crippen molar-refractivity contribution >= 4 is 5.91 Å². The lowest BCUT2D eigenvalue weighted by molar-refractivity contribution is -0.122. The number of benzene rings is 1. The van der Waals surface area contributed by atoms with Crippen molar-refractivity contribution in [3.8, 4) is 0 Å². The second-order valence-corrected chi connectivity index (χ2v) is 6.59. The molecule has 2 atom stereocenters. The molecule has 2 rings (SSSR count). The molecule has 0 heterocycles. The Balaban J connectivity index is 1.78. The summed E-state index contributed by atoms with van der Waals surface area (Å²) in [5, 5.41) is 3.02. The summed E-state index contributed by atoms with van der Waals surface area (Å²) in [5.41, 5.74) is 8.58. The highest BCUT2D eigenvalue weighted by atomic mass is 16.1. The van der Waals surface area contributed by atoms with Gasteiger partial charge in [0.1, 0.15) is 0 Å². The SMILES string of the molecule is CC(C)c1ccc(CNC(=O)CC2CCCCC2N)cc1. The summed E-state index contributed by atoms with van der Waals surface area (Å²) in [4.78, 5) is 12.0. The number of rotatable bonds is 5. The number of amides is 1. The van der Waals surface area contributed by atoms with E-state index in [1.807, 2.05) is 0 Å². The Labute approximate surface area is 128 Å². The molecule has 1 aromatic carbocycles. The first-order valence-corrected chi connectivity index (χ1v) is 8.17. The van der Waals surface area contributed by atoms with Gasteiger partial charge in [0.2, 0.25) is 5.91 Å². The summed E-state index contributed by atoms with van der Waals surface area (Å²) in [7, 11) is 0. The van der Waals surface area contributed by atoms with Crippen LogP contribution in [0.1, 0.15) is 63.0 Å². The molecular weight excluding hydrogens is 260 g/mol. The molecule has 1 aromatic rings. The van der Waals surface area contributed by atoms with E-state index in [2.05, 4.69) is 43.4 Å². The van der Waals surface area contributed by atoms with Gasteiger partial charge in [0.25, 0.3) is 0 Å². The lowest BCUT2D eigenvalue weighted by Crippen LogP contribution is -2.36. The van der Waals surface area contributed by atoms with Crippen molar-refractivity contribution in [1.29, 1.82) is 0 Å². The Kier molecular flexibility index (Phi) is 5.80. The fourth-order valence-electron chi connectivity index (χ4n) is 3.02. The van der Waals surface area contributed by atoms with Gasteiger partial charge in [-0.3, -0.25) is 4.79 Å². The highest BCUT2D eigenvalue weighted by Gasteiger charge is 2.23. The maximum Gasteiger partial charge on any atom is 0.220 e. The number of hydrogen-bond donors (Lipinski definition) is 2. The van der Waals surface area contributed by atoms with Gasteiger partial charge in [-0.1, -0.05) is 51.0 Å². The molecule has 0 aliphatic heterocycles. The molecule has 0 aromatic heterocycles. The lowest BCUT2D eigenvalue weighted by Gasteiger charge is -2.27. The first-order valence-electron chi connectivity index (χ1n) is 8.17. The number of carbonyl (C=O) groups is 1. The van der Waals surface area contributed by atoms with Crippen LogP contribution >= 0.6 is 0 Å². The molecule has 0 bridgehead atoms. The number of nitrogens with one attached hydrogen (secondary N) is 1. The second kappa shape index (κ2) is 7.60. The molecule has 1 saturated carbocycles. The van der Waals surface area contributed by atoms with Crippen molar-refractivity contribution < 1.29 is 4.79 Å². The van der Waals surface area contributed by atoms with Crippen LogP contribution in [-0.4, -0.2) is 11.9 Å². The van der Waals surface area contributed by atoms with Crippen LogP contribution < -0.4 is 11.1 Å². The van der Waals surface area contributed by atoms with E-state index in [1.165, 1.54) is 18.4 Å². The van der Waals surface area contributed by atoms with Crippen LogP contribution in [0.2, 0.25) is 0 Å². The Hall–Kier alpha value is -1.35. The lowest BCUT2D eigenvalue weighted by atomic mass is 9.83. The standard InChI is InChI=1S/C18H28N2O/c1-13(2)15-9-7-14(8-10-15)12-20-18(21)11-16-5-3-4-6-17(16)19/h7-10,13,16-17H,3-6,11-12,19H2,1-2H3,(H,20,21). The van der Waals surface area contributed by atoms with Crippen LogP contribution in [0, 0.1) is 5.92 Å². The molecule has 21 heavy (non-hydrogen) atoms. The first kappa shape index (κ1) is 16.0. The van der Waals surface area contributed by atoms with Crippen LogP contribution in [0.4, 0.5) is 0 Å². The summed E-state index contributed by atoms with van der Waals surface area (Å²) in [6, 6.07) is 8.69. The Bertz CT molecular complexity index is 453. The Morgan fingerprint density at radius 2 is 1.90 bits per heavy atom. The monoisotopic (exact) mass is 288 g/mol. The van der Waals surface area contributed by atoms with E-state index in [0.29, 0.717) is 24.8 Å². The third-order valence-corrected chi connectivity index (χ3v) is 4.55. The van der Waals surface area contributed by atoms with E-state index in [0.717, 1.165) is 18.4 Å². The summed E-state index contributed by atoms with van der Waals surface area (Å²) < 4.78 is 0. The Morgan fingerprint density at radius 1 is 1.24 bits per heavy atom. The number of hydrogen-bond acceptors (Lipinski definition) is 2. The second-order valence-electron chi connectivity index (χ2n) is 6.59. The molecule has 2 unspecified atom stereocenters. The molecule has 3 nitrogen and oxygen atoms in total. The largest absolute Gasteiger partial charge is 0.352 e. The van der Waals surface area contributed by atoms with Gasteiger partial charge in [-0.05, 0) is 35.8 Å². The first-order chi connectivity index (χ1) is 10.1. The van der Waals surface area contributed by atoms with E-state index in [9.17, 15) is 4.79 Å². The van der Waals surface area contributed by atoms with Gasteiger partial charge in [0.15, 0.2) is 0 Å². The van der Waals surface area contributed by atoms with Crippen LogP contribution in [-0.2, 0) is 11.3 Å². The third-order valence-electron chi connectivity index (χ3n) is 4.55. The Morgan fingerprint density at radius 3 is 2.52 bits per heavy atom. The van der Waals surface area contributed by atoms with Gasteiger partial charge in [-0.15, -0.1) is 0 Å². The molecular formula is C18H28N2O.